The Balaban J connectivity index is 1.70. The van der Waals surface area contributed by atoms with Crippen LogP contribution in [0.3, 0.4) is 0 Å². The molecule has 3 aliphatic rings. The number of esters is 2. The quantitative estimate of drug-likeness (QED) is 0.480. The summed E-state index contributed by atoms with van der Waals surface area (Å²) in [6, 6.07) is 0. The van der Waals surface area contributed by atoms with Crippen molar-refractivity contribution < 1.29 is 19.1 Å². The van der Waals surface area contributed by atoms with Crippen LogP contribution in [0.25, 0.3) is 0 Å². The average molecular weight is 238 g/mol. The Morgan fingerprint density at radius 2 is 1.29 bits per heavy atom. The van der Waals surface area contributed by atoms with E-state index in [0.717, 1.165) is 12.8 Å². The highest BCUT2D eigenvalue weighted by Crippen LogP contribution is 2.52. The van der Waals surface area contributed by atoms with E-state index in [1.165, 1.54) is 25.7 Å². The van der Waals surface area contributed by atoms with Gasteiger partial charge in [-0.25, -0.2) is 0 Å². The Morgan fingerprint density at radius 3 is 1.82 bits per heavy atom. The topological polar surface area (TPSA) is 52.6 Å². The molecule has 3 rings (SSSR count). The van der Waals surface area contributed by atoms with Crippen molar-refractivity contribution in [3.63, 3.8) is 0 Å². The number of hydrogen-bond acceptors (Lipinski definition) is 4. The summed E-state index contributed by atoms with van der Waals surface area (Å²) in [5.41, 5.74) is 0.446. The van der Waals surface area contributed by atoms with Gasteiger partial charge in [0.25, 0.3) is 5.79 Å². The Kier molecular flexibility index (Phi) is 2.42. The van der Waals surface area contributed by atoms with Gasteiger partial charge in [-0.15, -0.1) is 0 Å². The van der Waals surface area contributed by atoms with E-state index in [4.69, 9.17) is 9.47 Å². The van der Waals surface area contributed by atoms with Gasteiger partial charge in [0.2, 0.25) is 0 Å². The summed E-state index contributed by atoms with van der Waals surface area (Å²) in [5.74, 6) is -1.77. The van der Waals surface area contributed by atoms with E-state index < -0.39 is 17.7 Å². The maximum atomic E-state index is 11.3. The lowest BCUT2D eigenvalue weighted by Crippen LogP contribution is -2.49. The van der Waals surface area contributed by atoms with Crippen LogP contribution in [0, 0.1) is 5.41 Å². The van der Waals surface area contributed by atoms with Crippen molar-refractivity contribution >= 4 is 11.9 Å². The van der Waals surface area contributed by atoms with Gasteiger partial charge >= 0.3 is 11.9 Å². The molecule has 4 heteroatoms. The first-order chi connectivity index (χ1) is 8.12. The summed E-state index contributed by atoms with van der Waals surface area (Å²) < 4.78 is 10.6. The number of ether oxygens (including phenoxy) is 2. The van der Waals surface area contributed by atoms with Gasteiger partial charge in [-0.05, 0) is 31.1 Å². The van der Waals surface area contributed by atoms with Crippen LogP contribution in [0.15, 0.2) is 0 Å². The fraction of sp³-hybridized carbons (Fsp3) is 0.846. The highest BCUT2D eigenvalue weighted by atomic mass is 16.7. The lowest BCUT2D eigenvalue weighted by molar-refractivity contribution is -0.258. The summed E-state index contributed by atoms with van der Waals surface area (Å²) >= 11 is 0. The molecule has 0 aromatic heterocycles. The lowest BCUT2D eigenvalue weighted by Gasteiger charge is -2.44. The monoisotopic (exact) mass is 238 g/mol. The maximum Gasteiger partial charge on any atom is 0.320 e. The minimum Gasteiger partial charge on any atom is -0.422 e. The molecule has 0 radical (unpaired) electrons. The van der Waals surface area contributed by atoms with Gasteiger partial charge in [0.15, 0.2) is 0 Å². The first-order valence-corrected chi connectivity index (χ1v) is 6.55. The molecule has 0 aromatic rings. The van der Waals surface area contributed by atoms with Gasteiger partial charge in [-0.3, -0.25) is 9.59 Å². The largest absolute Gasteiger partial charge is 0.422 e. The van der Waals surface area contributed by atoms with Crippen LogP contribution in [0.2, 0.25) is 0 Å². The molecular formula is C13H18O4. The van der Waals surface area contributed by atoms with Crippen LogP contribution in [0.5, 0.6) is 0 Å². The average Bonchev–Trinajstić information content (AvgIpc) is 2.71. The van der Waals surface area contributed by atoms with Gasteiger partial charge in [-0.2, -0.15) is 0 Å². The second kappa shape index (κ2) is 3.72. The molecule has 17 heavy (non-hydrogen) atoms. The highest BCUT2D eigenvalue weighted by Gasteiger charge is 2.50. The molecule has 1 saturated heterocycles. The Hall–Kier alpha value is -1.06. The highest BCUT2D eigenvalue weighted by molar-refractivity contribution is 5.93. The van der Waals surface area contributed by atoms with Crippen LogP contribution < -0.4 is 0 Å². The smallest absolute Gasteiger partial charge is 0.320 e. The summed E-state index contributed by atoms with van der Waals surface area (Å²) in [5, 5.41) is 0. The molecule has 2 spiro atoms. The molecule has 0 atom stereocenters. The van der Waals surface area contributed by atoms with Gasteiger partial charge in [0, 0.05) is 12.8 Å². The fourth-order valence-corrected chi connectivity index (χ4v) is 3.62. The second-order valence-corrected chi connectivity index (χ2v) is 5.74. The van der Waals surface area contributed by atoms with Crippen molar-refractivity contribution in [2.45, 2.75) is 63.6 Å². The van der Waals surface area contributed by atoms with Gasteiger partial charge < -0.3 is 9.47 Å². The Bertz CT molecular complexity index is 326. The van der Waals surface area contributed by atoms with Crippen molar-refractivity contribution in [3.8, 4) is 0 Å². The molecule has 0 unspecified atom stereocenters. The molecule has 94 valence electrons. The minimum absolute atomic E-state index is 0.229. The zero-order valence-electron chi connectivity index (χ0n) is 10.00. The molecule has 0 bridgehead atoms. The molecule has 2 aliphatic carbocycles. The van der Waals surface area contributed by atoms with Crippen LogP contribution in [0.4, 0.5) is 0 Å². The predicted molar refractivity (Wildman–Crippen MR) is 58.9 cm³/mol. The van der Waals surface area contributed by atoms with Gasteiger partial charge in [-0.1, -0.05) is 12.8 Å². The predicted octanol–water partition coefficient (Wildman–Crippen LogP) is 2.31. The molecule has 1 aliphatic heterocycles. The van der Waals surface area contributed by atoms with E-state index in [0.29, 0.717) is 18.3 Å². The molecule has 2 saturated carbocycles. The Labute approximate surface area is 101 Å². The van der Waals surface area contributed by atoms with E-state index in [1.807, 2.05) is 0 Å². The third-order valence-corrected chi connectivity index (χ3v) is 4.63. The van der Waals surface area contributed by atoms with Crippen LogP contribution in [-0.4, -0.2) is 17.7 Å². The molecule has 0 aromatic carbocycles. The second-order valence-electron chi connectivity index (χ2n) is 5.74. The van der Waals surface area contributed by atoms with Gasteiger partial charge in [0.05, 0.1) is 0 Å². The van der Waals surface area contributed by atoms with Crippen molar-refractivity contribution in [1.29, 1.82) is 0 Å². The number of rotatable bonds is 0. The van der Waals surface area contributed by atoms with Crippen molar-refractivity contribution in [1.82, 2.24) is 0 Å². The zero-order chi connectivity index (χ0) is 11.9. The number of hydrogen-bond donors (Lipinski definition) is 0. The summed E-state index contributed by atoms with van der Waals surface area (Å²) in [7, 11) is 0. The SMILES string of the molecule is O=C1CC(=O)OC2(CCC3(CCCC3)CC2)O1. The van der Waals surface area contributed by atoms with E-state index in [-0.39, 0.29) is 6.42 Å². The minimum atomic E-state index is -0.916. The Morgan fingerprint density at radius 1 is 0.765 bits per heavy atom. The van der Waals surface area contributed by atoms with E-state index in [9.17, 15) is 9.59 Å². The van der Waals surface area contributed by atoms with Crippen LogP contribution >= 0.6 is 0 Å². The van der Waals surface area contributed by atoms with Crippen LogP contribution in [-0.2, 0) is 19.1 Å². The molecular weight excluding hydrogens is 220 g/mol. The summed E-state index contributed by atoms with van der Waals surface area (Å²) in [6.45, 7) is 0. The first-order valence-electron chi connectivity index (χ1n) is 6.55. The third kappa shape index (κ3) is 1.94. The van der Waals surface area contributed by atoms with Crippen LogP contribution in [0.1, 0.15) is 57.8 Å². The standard InChI is InChI=1S/C13H18O4/c14-10-9-11(15)17-13(16-10)7-5-12(6-8-13)3-1-2-4-12/h1-9H2. The molecule has 0 amide bonds. The fourth-order valence-electron chi connectivity index (χ4n) is 3.62. The van der Waals surface area contributed by atoms with Gasteiger partial charge in [0.1, 0.15) is 6.42 Å². The van der Waals surface area contributed by atoms with Crippen molar-refractivity contribution in [2.24, 2.45) is 5.41 Å². The van der Waals surface area contributed by atoms with Crippen molar-refractivity contribution in [3.05, 3.63) is 0 Å². The normalized spacial score (nSPS) is 30.4. The van der Waals surface area contributed by atoms with E-state index in [2.05, 4.69) is 0 Å². The zero-order valence-corrected chi connectivity index (χ0v) is 10.00. The lowest BCUT2D eigenvalue weighted by atomic mass is 9.70. The summed E-state index contributed by atoms with van der Waals surface area (Å²) in [4.78, 5) is 22.7. The summed E-state index contributed by atoms with van der Waals surface area (Å²) in [6.07, 6.45) is 8.37. The molecule has 4 nitrogen and oxygen atoms in total. The number of carbonyl (C=O) groups is 2. The maximum absolute atomic E-state index is 11.3. The molecule has 0 N–H and O–H groups in total. The molecule has 3 fully saturated rings. The first kappa shape index (κ1) is 11.1. The molecule has 1 heterocycles. The van der Waals surface area contributed by atoms with E-state index in [1.54, 1.807) is 0 Å². The third-order valence-electron chi connectivity index (χ3n) is 4.63. The number of carbonyl (C=O) groups excluding carboxylic acids is 2. The van der Waals surface area contributed by atoms with Crippen molar-refractivity contribution in [2.75, 3.05) is 0 Å². The van der Waals surface area contributed by atoms with E-state index >= 15 is 0 Å².